The number of hydrogen-bond acceptors (Lipinski definition) is 5. The van der Waals surface area contributed by atoms with Crippen molar-refractivity contribution < 1.29 is 4.92 Å². The molecule has 2 aromatic rings. The Hall–Kier alpha value is -2.50. The minimum absolute atomic E-state index is 0.0732. The van der Waals surface area contributed by atoms with E-state index >= 15 is 0 Å². The van der Waals surface area contributed by atoms with Crippen LogP contribution in [0.15, 0.2) is 36.8 Å². The number of aryl methyl sites for hydroxylation is 1. The van der Waals surface area contributed by atoms with E-state index in [1.54, 1.807) is 24.4 Å². The van der Waals surface area contributed by atoms with Crippen LogP contribution in [0.3, 0.4) is 0 Å². The van der Waals surface area contributed by atoms with Gasteiger partial charge in [-0.3, -0.25) is 10.1 Å². The fraction of sp³-hybridized carbons (Fsp3) is 0.167. The first-order chi connectivity index (χ1) is 8.66. The third kappa shape index (κ3) is 2.79. The molecule has 1 aromatic heterocycles. The van der Waals surface area contributed by atoms with Crippen molar-refractivity contribution in [1.82, 2.24) is 9.97 Å². The molecule has 0 spiro atoms. The van der Waals surface area contributed by atoms with E-state index in [0.29, 0.717) is 12.2 Å². The van der Waals surface area contributed by atoms with Crippen LogP contribution >= 0.6 is 0 Å². The molecule has 0 aliphatic carbocycles. The molecule has 92 valence electrons. The van der Waals surface area contributed by atoms with Crippen molar-refractivity contribution in [3.05, 3.63) is 58.2 Å². The third-order valence-electron chi connectivity index (χ3n) is 2.45. The maximum absolute atomic E-state index is 10.9. The molecular weight excluding hydrogens is 232 g/mol. The number of nitrogens with one attached hydrogen (secondary N) is 1. The van der Waals surface area contributed by atoms with Crippen LogP contribution in [0.1, 0.15) is 11.3 Å². The number of anilines is 1. The molecule has 0 unspecified atom stereocenters. The summed E-state index contributed by atoms with van der Waals surface area (Å²) >= 11 is 0. The highest BCUT2D eigenvalue weighted by atomic mass is 16.6. The van der Waals surface area contributed by atoms with Gasteiger partial charge in [0, 0.05) is 12.3 Å². The first-order valence-corrected chi connectivity index (χ1v) is 5.40. The summed E-state index contributed by atoms with van der Waals surface area (Å²) in [6, 6.07) is 6.83. The number of benzene rings is 1. The lowest BCUT2D eigenvalue weighted by atomic mass is 10.2. The number of hydrogen-bond donors (Lipinski definition) is 1. The number of aromatic nitrogens is 2. The summed E-state index contributed by atoms with van der Waals surface area (Å²) in [7, 11) is 0. The molecule has 0 aliphatic heterocycles. The van der Waals surface area contributed by atoms with Crippen molar-refractivity contribution in [2.45, 2.75) is 13.5 Å². The smallest absolute Gasteiger partial charge is 0.292 e. The third-order valence-corrected chi connectivity index (χ3v) is 2.45. The summed E-state index contributed by atoms with van der Waals surface area (Å²) in [6.07, 6.45) is 3.08. The van der Waals surface area contributed by atoms with Crippen molar-refractivity contribution in [2.75, 3.05) is 5.32 Å². The molecule has 0 radical (unpaired) electrons. The molecule has 1 N–H and O–H groups in total. The Morgan fingerprint density at radius 1 is 1.39 bits per heavy atom. The van der Waals surface area contributed by atoms with Crippen molar-refractivity contribution in [3.63, 3.8) is 0 Å². The van der Waals surface area contributed by atoms with Crippen LogP contribution < -0.4 is 5.32 Å². The number of nitro benzene ring substituents is 1. The molecule has 0 aliphatic rings. The molecule has 0 atom stereocenters. The molecule has 18 heavy (non-hydrogen) atoms. The molecule has 0 amide bonds. The van der Waals surface area contributed by atoms with Crippen LogP contribution in [0.2, 0.25) is 0 Å². The van der Waals surface area contributed by atoms with Crippen LogP contribution in [0, 0.1) is 17.0 Å². The van der Waals surface area contributed by atoms with Crippen molar-refractivity contribution >= 4 is 11.4 Å². The summed E-state index contributed by atoms with van der Waals surface area (Å²) in [5.41, 5.74) is 2.20. The van der Waals surface area contributed by atoms with Gasteiger partial charge in [-0.15, -0.1) is 0 Å². The summed E-state index contributed by atoms with van der Waals surface area (Å²) in [6.45, 7) is 2.24. The Balaban J connectivity index is 2.17. The highest BCUT2D eigenvalue weighted by molar-refractivity contribution is 5.62. The Kier molecular flexibility index (Phi) is 3.47. The van der Waals surface area contributed by atoms with Crippen molar-refractivity contribution in [1.29, 1.82) is 0 Å². The van der Waals surface area contributed by atoms with E-state index in [9.17, 15) is 10.1 Å². The number of nitrogens with zero attached hydrogens (tertiary/aromatic N) is 3. The van der Waals surface area contributed by atoms with E-state index in [1.807, 2.05) is 13.0 Å². The highest BCUT2D eigenvalue weighted by Crippen LogP contribution is 2.25. The van der Waals surface area contributed by atoms with Crippen LogP contribution in [0.25, 0.3) is 0 Å². The molecule has 1 aromatic carbocycles. The Morgan fingerprint density at radius 2 is 2.22 bits per heavy atom. The predicted octanol–water partition coefficient (Wildman–Crippen LogP) is 2.31. The average molecular weight is 244 g/mol. The Bertz CT molecular complexity index is 557. The van der Waals surface area contributed by atoms with Crippen LogP contribution in [0.5, 0.6) is 0 Å². The van der Waals surface area contributed by atoms with E-state index in [2.05, 4.69) is 15.3 Å². The van der Waals surface area contributed by atoms with Crippen LogP contribution in [-0.4, -0.2) is 14.9 Å². The zero-order chi connectivity index (χ0) is 13.0. The summed E-state index contributed by atoms with van der Waals surface area (Å²) in [4.78, 5) is 18.4. The van der Waals surface area contributed by atoms with E-state index in [0.717, 1.165) is 11.3 Å². The van der Waals surface area contributed by atoms with E-state index < -0.39 is 4.92 Å². The lowest BCUT2D eigenvalue weighted by Crippen LogP contribution is -2.04. The first kappa shape index (κ1) is 12.0. The topological polar surface area (TPSA) is 81.0 Å². The lowest BCUT2D eigenvalue weighted by Gasteiger charge is -2.07. The van der Waals surface area contributed by atoms with Gasteiger partial charge in [0.15, 0.2) is 0 Å². The van der Waals surface area contributed by atoms with Gasteiger partial charge in [-0.25, -0.2) is 9.97 Å². The summed E-state index contributed by atoms with van der Waals surface area (Å²) in [5.74, 6) is 0. The van der Waals surface area contributed by atoms with Gasteiger partial charge in [-0.1, -0.05) is 6.07 Å². The molecular formula is C12H12N4O2. The molecule has 2 rings (SSSR count). The first-order valence-electron chi connectivity index (χ1n) is 5.40. The van der Waals surface area contributed by atoms with Gasteiger partial charge in [-0.2, -0.15) is 0 Å². The zero-order valence-corrected chi connectivity index (χ0v) is 9.83. The number of nitro groups is 1. The standard InChI is InChI=1S/C12H12N4O2/c1-9-2-3-11(12(6-9)16(17)18)14-7-10-4-5-13-8-15-10/h2-6,8,14H,7H2,1H3. The Labute approximate surface area is 104 Å². The zero-order valence-electron chi connectivity index (χ0n) is 9.83. The van der Waals surface area contributed by atoms with Gasteiger partial charge >= 0.3 is 0 Å². The largest absolute Gasteiger partial charge is 0.374 e. The molecule has 6 nitrogen and oxygen atoms in total. The molecule has 0 saturated carbocycles. The Morgan fingerprint density at radius 3 is 2.89 bits per heavy atom. The van der Waals surface area contributed by atoms with Crippen LogP contribution in [0.4, 0.5) is 11.4 Å². The quantitative estimate of drug-likeness (QED) is 0.659. The van der Waals surface area contributed by atoms with Gasteiger partial charge in [0.1, 0.15) is 12.0 Å². The van der Waals surface area contributed by atoms with E-state index in [4.69, 9.17) is 0 Å². The fourth-order valence-electron chi connectivity index (χ4n) is 1.55. The van der Waals surface area contributed by atoms with E-state index in [1.165, 1.54) is 6.33 Å². The summed E-state index contributed by atoms with van der Waals surface area (Å²) in [5, 5.41) is 13.9. The second-order valence-corrected chi connectivity index (χ2v) is 3.83. The highest BCUT2D eigenvalue weighted by Gasteiger charge is 2.13. The van der Waals surface area contributed by atoms with Gasteiger partial charge in [0.25, 0.3) is 5.69 Å². The van der Waals surface area contributed by atoms with Gasteiger partial charge in [0.2, 0.25) is 0 Å². The van der Waals surface area contributed by atoms with Crippen LogP contribution in [-0.2, 0) is 6.54 Å². The average Bonchev–Trinajstić information content (AvgIpc) is 2.38. The monoisotopic (exact) mass is 244 g/mol. The minimum Gasteiger partial charge on any atom is -0.374 e. The maximum atomic E-state index is 10.9. The fourth-order valence-corrected chi connectivity index (χ4v) is 1.55. The molecule has 6 heteroatoms. The van der Waals surface area contributed by atoms with Gasteiger partial charge in [0.05, 0.1) is 17.2 Å². The molecule has 0 saturated heterocycles. The van der Waals surface area contributed by atoms with Crippen molar-refractivity contribution in [2.24, 2.45) is 0 Å². The minimum atomic E-state index is -0.394. The second-order valence-electron chi connectivity index (χ2n) is 3.83. The molecule has 0 fully saturated rings. The molecule has 1 heterocycles. The van der Waals surface area contributed by atoms with Crippen molar-refractivity contribution in [3.8, 4) is 0 Å². The van der Waals surface area contributed by atoms with Gasteiger partial charge in [-0.05, 0) is 24.6 Å². The SMILES string of the molecule is Cc1ccc(NCc2ccncn2)c([N+](=O)[O-])c1. The lowest BCUT2D eigenvalue weighted by molar-refractivity contribution is -0.384. The van der Waals surface area contributed by atoms with E-state index in [-0.39, 0.29) is 5.69 Å². The molecule has 0 bridgehead atoms. The maximum Gasteiger partial charge on any atom is 0.292 e. The predicted molar refractivity (Wildman–Crippen MR) is 67.2 cm³/mol. The number of rotatable bonds is 4. The second kappa shape index (κ2) is 5.22. The van der Waals surface area contributed by atoms with Gasteiger partial charge < -0.3 is 5.32 Å². The summed E-state index contributed by atoms with van der Waals surface area (Å²) < 4.78 is 0. The normalized spacial score (nSPS) is 10.1.